The largest absolute Gasteiger partial charge is 0.379 e. The number of ether oxygens (including phenoxy) is 2. The molecule has 2 aliphatic rings. The summed E-state index contributed by atoms with van der Waals surface area (Å²) < 4.78 is 28.3. The van der Waals surface area contributed by atoms with Gasteiger partial charge in [0, 0.05) is 27.9 Å². The van der Waals surface area contributed by atoms with Crippen LogP contribution in [0.2, 0.25) is 10.0 Å². The highest BCUT2D eigenvalue weighted by Crippen LogP contribution is 2.49. The van der Waals surface area contributed by atoms with Gasteiger partial charge in [-0.3, -0.25) is 14.7 Å². The highest BCUT2D eigenvalue weighted by atomic mass is 79.9. The van der Waals surface area contributed by atoms with E-state index in [0.717, 1.165) is 0 Å². The molecule has 1 aromatic heterocycles. The van der Waals surface area contributed by atoms with Crippen molar-refractivity contribution in [2.75, 3.05) is 13.2 Å². The molecular weight excluding hydrogens is 534 g/mol. The lowest BCUT2D eigenvalue weighted by Crippen LogP contribution is -2.49. The standard InChI is InChI=1S/C24H18BrCl2FN2O3/c25-15-9-20-22(21(28)10-15)24(33-19-7-8-32-13-19,14-1-3-16(26)4-2-14)30(23(20)31)12-18-6-5-17(27)11-29-18/h1-6,9-11,19H,7-8,12-13H2/t19-,24?/m0/s1. The zero-order valence-corrected chi connectivity index (χ0v) is 20.3. The molecule has 3 heterocycles. The zero-order chi connectivity index (χ0) is 23.2. The summed E-state index contributed by atoms with van der Waals surface area (Å²) in [6.45, 7) is 0.964. The Kier molecular flexibility index (Phi) is 6.18. The Morgan fingerprint density at radius 1 is 1.18 bits per heavy atom. The Morgan fingerprint density at radius 2 is 1.94 bits per heavy atom. The van der Waals surface area contributed by atoms with Crippen molar-refractivity contribution in [3.05, 3.63) is 97.4 Å². The molecule has 0 bridgehead atoms. The van der Waals surface area contributed by atoms with Gasteiger partial charge in [-0.2, -0.15) is 0 Å². The van der Waals surface area contributed by atoms with Crippen LogP contribution in [-0.4, -0.2) is 35.1 Å². The molecule has 0 radical (unpaired) electrons. The Labute approximate surface area is 208 Å². The van der Waals surface area contributed by atoms with E-state index in [9.17, 15) is 4.79 Å². The van der Waals surface area contributed by atoms with Gasteiger partial charge in [0.05, 0.1) is 41.1 Å². The summed E-state index contributed by atoms with van der Waals surface area (Å²) >= 11 is 15.5. The molecule has 1 saturated heterocycles. The van der Waals surface area contributed by atoms with Crippen LogP contribution < -0.4 is 0 Å². The van der Waals surface area contributed by atoms with Gasteiger partial charge in [0.2, 0.25) is 5.72 Å². The second kappa shape index (κ2) is 8.96. The van der Waals surface area contributed by atoms with Crippen LogP contribution in [0, 0.1) is 5.82 Å². The van der Waals surface area contributed by atoms with Gasteiger partial charge < -0.3 is 9.47 Å². The van der Waals surface area contributed by atoms with Gasteiger partial charge in [-0.1, -0.05) is 51.3 Å². The number of benzene rings is 2. The van der Waals surface area contributed by atoms with Gasteiger partial charge in [0.1, 0.15) is 5.82 Å². The minimum absolute atomic E-state index is 0.0813. The topological polar surface area (TPSA) is 51.7 Å². The molecule has 1 fully saturated rings. The van der Waals surface area contributed by atoms with Crippen LogP contribution in [-0.2, 0) is 21.7 Å². The first-order valence-corrected chi connectivity index (χ1v) is 11.9. The molecule has 0 spiro atoms. The van der Waals surface area contributed by atoms with Gasteiger partial charge in [-0.15, -0.1) is 0 Å². The highest BCUT2D eigenvalue weighted by Gasteiger charge is 2.55. The molecule has 1 unspecified atom stereocenters. The van der Waals surface area contributed by atoms with Gasteiger partial charge >= 0.3 is 0 Å². The van der Waals surface area contributed by atoms with Gasteiger partial charge in [-0.25, -0.2) is 4.39 Å². The third-order valence-electron chi connectivity index (χ3n) is 5.82. The van der Waals surface area contributed by atoms with E-state index < -0.39 is 11.5 Å². The molecule has 0 aliphatic carbocycles. The predicted octanol–water partition coefficient (Wildman–Crippen LogP) is 5.95. The van der Waals surface area contributed by atoms with Crippen LogP contribution in [0.25, 0.3) is 0 Å². The van der Waals surface area contributed by atoms with Gasteiger partial charge in [0.15, 0.2) is 0 Å². The molecule has 33 heavy (non-hydrogen) atoms. The molecule has 5 nitrogen and oxygen atoms in total. The number of carbonyl (C=O) groups is 1. The predicted molar refractivity (Wildman–Crippen MR) is 126 cm³/mol. The number of hydrogen-bond donors (Lipinski definition) is 0. The summed E-state index contributed by atoms with van der Waals surface area (Å²) in [6.07, 6.45) is 1.81. The second-order valence-corrected chi connectivity index (χ2v) is 9.71. The molecular formula is C24H18BrCl2FN2O3. The van der Waals surface area contributed by atoms with E-state index in [1.54, 1.807) is 42.5 Å². The summed E-state index contributed by atoms with van der Waals surface area (Å²) in [5.74, 6) is -0.913. The zero-order valence-electron chi connectivity index (χ0n) is 17.2. The van der Waals surface area contributed by atoms with Crippen molar-refractivity contribution in [3.63, 3.8) is 0 Å². The lowest BCUT2D eigenvalue weighted by Gasteiger charge is -2.41. The first kappa shape index (κ1) is 22.7. The minimum Gasteiger partial charge on any atom is -0.379 e. The molecule has 170 valence electrons. The molecule has 1 amide bonds. The van der Waals surface area contributed by atoms with E-state index in [1.165, 1.54) is 17.2 Å². The maximum absolute atomic E-state index is 15.6. The summed E-state index contributed by atoms with van der Waals surface area (Å²) in [5.41, 5.74) is 0.0379. The fourth-order valence-corrected chi connectivity index (χ4v) is 5.04. The molecule has 2 aromatic carbocycles. The van der Waals surface area contributed by atoms with Gasteiger partial charge in [-0.05, 0) is 42.8 Å². The normalized spacial score (nSPS) is 22.1. The lowest BCUT2D eigenvalue weighted by atomic mass is 9.92. The van der Waals surface area contributed by atoms with Crippen LogP contribution in [0.3, 0.4) is 0 Å². The van der Waals surface area contributed by atoms with E-state index >= 15 is 4.39 Å². The number of amides is 1. The molecule has 2 atom stereocenters. The number of nitrogens with zero attached hydrogens (tertiary/aromatic N) is 2. The summed E-state index contributed by atoms with van der Waals surface area (Å²) in [5, 5.41) is 0.998. The second-order valence-electron chi connectivity index (χ2n) is 7.92. The Balaban J connectivity index is 1.74. The number of rotatable bonds is 5. The summed E-state index contributed by atoms with van der Waals surface area (Å²) in [7, 11) is 0. The van der Waals surface area contributed by atoms with Crippen molar-refractivity contribution >= 4 is 45.0 Å². The molecule has 0 saturated carbocycles. The smallest absolute Gasteiger partial charge is 0.257 e. The average molecular weight is 552 g/mol. The van der Waals surface area contributed by atoms with Crippen LogP contribution in [0.15, 0.2) is 59.2 Å². The van der Waals surface area contributed by atoms with Gasteiger partial charge in [0.25, 0.3) is 5.91 Å². The van der Waals surface area contributed by atoms with E-state index in [0.29, 0.717) is 45.4 Å². The van der Waals surface area contributed by atoms with E-state index in [4.69, 9.17) is 32.7 Å². The number of pyridine rings is 1. The van der Waals surface area contributed by atoms with Crippen molar-refractivity contribution in [2.45, 2.75) is 24.8 Å². The Morgan fingerprint density at radius 3 is 2.61 bits per heavy atom. The minimum atomic E-state index is -1.53. The third kappa shape index (κ3) is 4.06. The Bertz CT molecular complexity index is 1200. The van der Waals surface area contributed by atoms with Crippen molar-refractivity contribution in [1.82, 2.24) is 9.88 Å². The maximum atomic E-state index is 15.6. The first-order valence-electron chi connectivity index (χ1n) is 10.3. The SMILES string of the molecule is O=C1c2cc(Br)cc(F)c2C(O[C@H]2CCOC2)(c2ccc(Cl)cc2)N1Cc1ccc(Cl)cn1. The fraction of sp³-hybridized carbons (Fsp3) is 0.250. The van der Waals surface area contributed by atoms with Crippen molar-refractivity contribution in [2.24, 2.45) is 0 Å². The van der Waals surface area contributed by atoms with Crippen molar-refractivity contribution < 1.29 is 18.7 Å². The van der Waals surface area contributed by atoms with Crippen LogP contribution in [0.1, 0.15) is 33.6 Å². The first-order chi connectivity index (χ1) is 15.9. The molecule has 9 heteroatoms. The number of halogens is 4. The van der Waals surface area contributed by atoms with E-state index in [-0.39, 0.29) is 29.7 Å². The molecule has 3 aromatic rings. The van der Waals surface area contributed by atoms with Crippen molar-refractivity contribution in [3.8, 4) is 0 Å². The third-order valence-corrected chi connectivity index (χ3v) is 6.75. The average Bonchev–Trinajstić information content (AvgIpc) is 3.37. The van der Waals surface area contributed by atoms with Crippen LogP contribution in [0.4, 0.5) is 4.39 Å². The number of fused-ring (bicyclic) bond motifs is 1. The fourth-order valence-electron chi connectivity index (χ4n) is 4.37. The molecule has 0 N–H and O–H groups in total. The molecule has 5 rings (SSSR count). The van der Waals surface area contributed by atoms with E-state index in [1.807, 2.05) is 0 Å². The Hall–Kier alpha value is -2.03. The number of hydrogen-bond acceptors (Lipinski definition) is 4. The quantitative estimate of drug-likeness (QED) is 0.393. The maximum Gasteiger partial charge on any atom is 0.257 e. The highest BCUT2D eigenvalue weighted by molar-refractivity contribution is 9.10. The van der Waals surface area contributed by atoms with E-state index in [2.05, 4.69) is 20.9 Å². The summed E-state index contributed by atoms with van der Waals surface area (Å²) in [4.78, 5) is 19.6. The lowest BCUT2D eigenvalue weighted by molar-refractivity contribution is -0.148. The van der Waals surface area contributed by atoms with Crippen molar-refractivity contribution in [1.29, 1.82) is 0 Å². The molecule has 2 aliphatic heterocycles. The number of carbonyl (C=O) groups excluding carboxylic acids is 1. The van der Waals surface area contributed by atoms with Crippen LogP contribution in [0.5, 0.6) is 0 Å². The summed E-state index contributed by atoms with van der Waals surface area (Å²) in [6, 6.07) is 13.3. The monoisotopic (exact) mass is 550 g/mol. The number of aromatic nitrogens is 1. The van der Waals surface area contributed by atoms with Crippen LogP contribution >= 0.6 is 39.1 Å².